The SMILES string of the molecule is COc1cnc(C(=O)Nc2cccc(Cl)c2)cc1OC1CCCC1. The van der Waals surface area contributed by atoms with E-state index in [9.17, 15) is 4.79 Å². The molecule has 0 radical (unpaired) electrons. The Labute approximate surface area is 145 Å². The van der Waals surface area contributed by atoms with Crippen LogP contribution >= 0.6 is 11.6 Å². The summed E-state index contributed by atoms with van der Waals surface area (Å²) < 4.78 is 11.3. The number of pyridine rings is 1. The standard InChI is InChI=1S/C18H19ClN2O3/c1-23-17-11-20-15(10-16(17)24-14-7-2-3-8-14)18(22)21-13-6-4-5-12(19)9-13/h4-6,9-11,14H,2-3,7-8H2,1H3,(H,21,22). The minimum absolute atomic E-state index is 0.171. The second-order valence-electron chi connectivity index (χ2n) is 5.71. The zero-order valence-corrected chi connectivity index (χ0v) is 14.2. The van der Waals surface area contributed by atoms with E-state index < -0.39 is 0 Å². The molecular weight excluding hydrogens is 328 g/mol. The molecule has 5 nitrogen and oxygen atoms in total. The second kappa shape index (κ2) is 7.53. The van der Waals surface area contributed by atoms with E-state index in [2.05, 4.69) is 10.3 Å². The monoisotopic (exact) mass is 346 g/mol. The lowest BCUT2D eigenvalue weighted by molar-refractivity contribution is 0.102. The van der Waals surface area contributed by atoms with Crippen LogP contribution in [-0.4, -0.2) is 24.1 Å². The topological polar surface area (TPSA) is 60.5 Å². The molecule has 1 aromatic heterocycles. The Morgan fingerprint density at radius 1 is 1.25 bits per heavy atom. The first-order chi connectivity index (χ1) is 11.7. The van der Waals surface area contributed by atoms with Gasteiger partial charge in [-0.25, -0.2) is 4.98 Å². The highest BCUT2D eigenvalue weighted by molar-refractivity contribution is 6.30. The third-order valence-electron chi connectivity index (χ3n) is 3.96. The molecule has 6 heteroatoms. The minimum Gasteiger partial charge on any atom is -0.491 e. The van der Waals surface area contributed by atoms with Gasteiger partial charge in [0.15, 0.2) is 11.5 Å². The first kappa shape index (κ1) is 16.6. The van der Waals surface area contributed by atoms with Gasteiger partial charge in [-0.05, 0) is 43.9 Å². The van der Waals surface area contributed by atoms with Crippen molar-refractivity contribution in [3.8, 4) is 11.5 Å². The molecule has 1 heterocycles. The number of amides is 1. The molecule has 0 unspecified atom stereocenters. The summed E-state index contributed by atoms with van der Waals surface area (Å²) in [5.41, 5.74) is 0.882. The normalized spacial score (nSPS) is 14.4. The molecule has 1 fully saturated rings. The van der Waals surface area contributed by atoms with E-state index in [0.29, 0.717) is 22.2 Å². The number of halogens is 1. The highest BCUT2D eigenvalue weighted by Crippen LogP contribution is 2.31. The lowest BCUT2D eigenvalue weighted by Crippen LogP contribution is -2.16. The van der Waals surface area contributed by atoms with Crippen LogP contribution in [0.15, 0.2) is 36.5 Å². The Kier molecular flexibility index (Phi) is 5.20. The van der Waals surface area contributed by atoms with Crippen LogP contribution in [0.3, 0.4) is 0 Å². The summed E-state index contributed by atoms with van der Waals surface area (Å²) in [5, 5.41) is 3.33. The zero-order chi connectivity index (χ0) is 16.9. The maximum Gasteiger partial charge on any atom is 0.274 e. The summed E-state index contributed by atoms with van der Waals surface area (Å²) in [6.45, 7) is 0. The van der Waals surface area contributed by atoms with Crippen LogP contribution in [0, 0.1) is 0 Å². The summed E-state index contributed by atoms with van der Waals surface area (Å²) in [6.07, 6.45) is 6.06. The summed E-state index contributed by atoms with van der Waals surface area (Å²) in [7, 11) is 1.56. The summed E-state index contributed by atoms with van der Waals surface area (Å²) >= 11 is 5.93. The Bertz CT molecular complexity index is 730. The largest absolute Gasteiger partial charge is 0.491 e. The quantitative estimate of drug-likeness (QED) is 0.876. The van der Waals surface area contributed by atoms with E-state index in [-0.39, 0.29) is 17.7 Å². The molecule has 1 saturated carbocycles. The molecule has 0 spiro atoms. The van der Waals surface area contributed by atoms with Crippen LogP contribution < -0.4 is 14.8 Å². The zero-order valence-electron chi connectivity index (χ0n) is 13.4. The van der Waals surface area contributed by atoms with Gasteiger partial charge in [-0.3, -0.25) is 4.79 Å². The third-order valence-corrected chi connectivity index (χ3v) is 4.20. The van der Waals surface area contributed by atoms with Crippen molar-refractivity contribution in [3.05, 3.63) is 47.2 Å². The molecule has 1 aliphatic rings. The molecule has 3 rings (SSSR count). The van der Waals surface area contributed by atoms with Gasteiger partial charge in [0.05, 0.1) is 19.4 Å². The average Bonchev–Trinajstić information content (AvgIpc) is 3.08. The van der Waals surface area contributed by atoms with Gasteiger partial charge < -0.3 is 14.8 Å². The van der Waals surface area contributed by atoms with E-state index in [1.807, 2.05) is 0 Å². The van der Waals surface area contributed by atoms with E-state index in [1.165, 1.54) is 19.0 Å². The second-order valence-corrected chi connectivity index (χ2v) is 6.15. The Morgan fingerprint density at radius 3 is 2.75 bits per heavy atom. The number of benzene rings is 1. The number of nitrogens with zero attached hydrogens (tertiary/aromatic N) is 1. The fourth-order valence-electron chi connectivity index (χ4n) is 2.74. The van der Waals surface area contributed by atoms with Crippen molar-refractivity contribution >= 4 is 23.2 Å². The number of nitrogens with one attached hydrogen (secondary N) is 1. The summed E-state index contributed by atoms with van der Waals surface area (Å²) in [4.78, 5) is 16.6. The predicted octanol–water partition coefficient (Wildman–Crippen LogP) is 4.32. The third kappa shape index (κ3) is 3.97. The van der Waals surface area contributed by atoms with Gasteiger partial charge in [0.1, 0.15) is 5.69 Å². The number of hydrogen-bond donors (Lipinski definition) is 1. The molecule has 24 heavy (non-hydrogen) atoms. The Balaban J connectivity index is 1.78. The fraction of sp³-hybridized carbons (Fsp3) is 0.333. The average molecular weight is 347 g/mol. The molecule has 0 saturated heterocycles. The maximum atomic E-state index is 12.4. The fourth-order valence-corrected chi connectivity index (χ4v) is 2.93. The molecule has 1 aromatic carbocycles. The molecule has 1 N–H and O–H groups in total. The molecule has 0 aliphatic heterocycles. The number of ether oxygens (including phenoxy) is 2. The molecule has 0 bridgehead atoms. The number of rotatable bonds is 5. The van der Waals surface area contributed by atoms with Gasteiger partial charge >= 0.3 is 0 Å². The number of carbonyl (C=O) groups excluding carboxylic acids is 1. The number of carbonyl (C=O) groups is 1. The van der Waals surface area contributed by atoms with Gasteiger partial charge in [0.25, 0.3) is 5.91 Å². The molecule has 0 atom stereocenters. The van der Waals surface area contributed by atoms with Crippen molar-refractivity contribution in [1.29, 1.82) is 0 Å². The smallest absolute Gasteiger partial charge is 0.274 e. The highest BCUT2D eigenvalue weighted by Gasteiger charge is 2.20. The summed E-state index contributed by atoms with van der Waals surface area (Å²) in [5.74, 6) is 0.757. The van der Waals surface area contributed by atoms with Crippen LogP contribution in [0.2, 0.25) is 5.02 Å². The number of anilines is 1. The number of aromatic nitrogens is 1. The first-order valence-electron chi connectivity index (χ1n) is 7.93. The van der Waals surface area contributed by atoms with Crippen LogP contribution in [0.4, 0.5) is 5.69 Å². The Morgan fingerprint density at radius 2 is 2.04 bits per heavy atom. The van der Waals surface area contributed by atoms with Crippen LogP contribution in [0.5, 0.6) is 11.5 Å². The van der Waals surface area contributed by atoms with Crippen molar-refractivity contribution in [1.82, 2.24) is 4.98 Å². The van der Waals surface area contributed by atoms with E-state index in [0.717, 1.165) is 12.8 Å². The molecule has 126 valence electrons. The predicted molar refractivity (Wildman–Crippen MR) is 93.1 cm³/mol. The van der Waals surface area contributed by atoms with Crippen LogP contribution in [0.1, 0.15) is 36.2 Å². The van der Waals surface area contributed by atoms with Crippen molar-refractivity contribution < 1.29 is 14.3 Å². The lowest BCUT2D eigenvalue weighted by Gasteiger charge is -2.16. The number of methoxy groups -OCH3 is 1. The summed E-state index contributed by atoms with van der Waals surface area (Å²) in [6, 6.07) is 8.59. The molecule has 1 aliphatic carbocycles. The maximum absolute atomic E-state index is 12.4. The molecule has 2 aromatic rings. The van der Waals surface area contributed by atoms with Crippen molar-refractivity contribution in [2.45, 2.75) is 31.8 Å². The first-order valence-corrected chi connectivity index (χ1v) is 8.31. The van der Waals surface area contributed by atoms with Gasteiger partial charge in [-0.15, -0.1) is 0 Å². The Hall–Kier alpha value is -2.27. The van der Waals surface area contributed by atoms with E-state index >= 15 is 0 Å². The van der Waals surface area contributed by atoms with E-state index in [1.54, 1.807) is 37.4 Å². The van der Waals surface area contributed by atoms with Crippen molar-refractivity contribution in [3.63, 3.8) is 0 Å². The molecule has 1 amide bonds. The highest BCUT2D eigenvalue weighted by atomic mass is 35.5. The van der Waals surface area contributed by atoms with Gasteiger partial charge in [0.2, 0.25) is 0 Å². The van der Waals surface area contributed by atoms with Gasteiger partial charge in [0, 0.05) is 16.8 Å². The van der Waals surface area contributed by atoms with Crippen LogP contribution in [-0.2, 0) is 0 Å². The molecular formula is C18H19ClN2O3. The minimum atomic E-state index is -0.323. The van der Waals surface area contributed by atoms with Gasteiger partial charge in [-0.1, -0.05) is 17.7 Å². The number of hydrogen-bond acceptors (Lipinski definition) is 4. The van der Waals surface area contributed by atoms with Gasteiger partial charge in [-0.2, -0.15) is 0 Å². The lowest BCUT2D eigenvalue weighted by atomic mass is 10.2. The van der Waals surface area contributed by atoms with E-state index in [4.69, 9.17) is 21.1 Å². The van der Waals surface area contributed by atoms with Crippen LogP contribution in [0.25, 0.3) is 0 Å². The van der Waals surface area contributed by atoms with Crippen molar-refractivity contribution in [2.75, 3.05) is 12.4 Å². The van der Waals surface area contributed by atoms with Crippen molar-refractivity contribution in [2.24, 2.45) is 0 Å².